The van der Waals surface area contributed by atoms with Gasteiger partial charge in [-0.2, -0.15) is 10.5 Å². The molecule has 0 aliphatic heterocycles. The van der Waals surface area contributed by atoms with Gasteiger partial charge in [0.2, 0.25) is 0 Å². The van der Waals surface area contributed by atoms with Gasteiger partial charge in [0.25, 0.3) is 0 Å². The number of nitriles is 2. The standard InChI is InChI=1S/C17H14ClN3O/c18-17-11-15(4-3-14(17)12-20)21-9-10-22-16-5-1-13(2-6-16)7-8-19/h1-6,11,21H,7,9-10H2. The van der Waals surface area contributed by atoms with Crippen molar-refractivity contribution in [2.24, 2.45) is 0 Å². The molecule has 5 heteroatoms. The minimum absolute atomic E-state index is 0.404. The Morgan fingerprint density at radius 1 is 1.09 bits per heavy atom. The summed E-state index contributed by atoms with van der Waals surface area (Å²) in [5, 5.41) is 21.0. The van der Waals surface area contributed by atoms with Crippen LogP contribution in [0.15, 0.2) is 42.5 Å². The monoisotopic (exact) mass is 311 g/mol. The average Bonchev–Trinajstić information content (AvgIpc) is 2.53. The van der Waals surface area contributed by atoms with Gasteiger partial charge in [0.05, 0.1) is 23.1 Å². The summed E-state index contributed by atoms with van der Waals surface area (Å²) in [5.41, 5.74) is 2.28. The van der Waals surface area contributed by atoms with Crippen LogP contribution in [0.4, 0.5) is 5.69 Å². The van der Waals surface area contributed by atoms with Crippen LogP contribution in [0.5, 0.6) is 5.75 Å². The van der Waals surface area contributed by atoms with Crippen molar-refractivity contribution in [1.29, 1.82) is 10.5 Å². The van der Waals surface area contributed by atoms with Gasteiger partial charge in [-0.3, -0.25) is 0 Å². The zero-order valence-corrected chi connectivity index (χ0v) is 12.6. The smallest absolute Gasteiger partial charge is 0.119 e. The van der Waals surface area contributed by atoms with Crippen LogP contribution in [0.25, 0.3) is 0 Å². The molecule has 2 aromatic carbocycles. The van der Waals surface area contributed by atoms with Gasteiger partial charge in [-0.1, -0.05) is 23.7 Å². The molecule has 0 aliphatic carbocycles. The van der Waals surface area contributed by atoms with E-state index in [-0.39, 0.29) is 0 Å². The number of rotatable bonds is 6. The van der Waals surface area contributed by atoms with Crippen LogP contribution in [0.1, 0.15) is 11.1 Å². The fourth-order valence-electron chi connectivity index (χ4n) is 1.87. The fraction of sp³-hybridized carbons (Fsp3) is 0.176. The van der Waals surface area contributed by atoms with Gasteiger partial charge in [0.1, 0.15) is 18.4 Å². The van der Waals surface area contributed by atoms with E-state index in [1.54, 1.807) is 18.2 Å². The molecule has 1 N–H and O–H groups in total. The molecule has 0 aliphatic rings. The highest BCUT2D eigenvalue weighted by Gasteiger charge is 2.01. The molecule has 2 rings (SSSR count). The van der Waals surface area contributed by atoms with Crippen molar-refractivity contribution in [1.82, 2.24) is 0 Å². The fourth-order valence-corrected chi connectivity index (χ4v) is 2.10. The predicted molar refractivity (Wildman–Crippen MR) is 85.9 cm³/mol. The van der Waals surface area contributed by atoms with Crippen LogP contribution in [0.3, 0.4) is 0 Å². The van der Waals surface area contributed by atoms with Gasteiger partial charge in [0.15, 0.2) is 0 Å². The minimum atomic E-state index is 0.404. The van der Waals surface area contributed by atoms with Crippen molar-refractivity contribution in [2.45, 2.75) is 6.42 Å². The topological polar surface area (TPSA) is 68.8 Å². The van der Waals surface area contributed by atoms with E-state index in [4.69, 9.17) is 26.9 Å². The zero-order chi connectivity index (χ0) is 15.8. The Morgan fingerprint density at radius 2 is 1.86 bits per heavy atom. The molecule has 110 valence electrons. The van der Waals surface area contributed by atoms with Crippen molar-refractivity contribution in [3.05, 3.63) is 58.6 Å². The number of benzene rings is 2. The molecular weight excluding hydrogens is 298 g/mol. The van der Waals surface area contributed by atoms with E-state index in [1.165, 1.54) is 0 Å². The first-order chi connectivity index (χ1) is 10.7. The van der Waals surface area contributed by atoms with Crippen molar-refractivity contribution >= 4 is 17.3 Å². The summed E-state index contributed by atoms with van der Waals surface area (Å²) < 4.78 is 5.61. The van der Waals surface area contributed by atoms with Crippen LogP contribution in [-0.2, 0) is 6.42 Å². The third kappa shape index (κ3) is 4.41. The number of ether oxygens (including phenoxy) is 1. The summed E-state index contributed by atoms with van der Waals surface area (Å²) in [6.45, 7) is 1.11. The van der Waals surface area contributed by atoms with Crippen LogP contribution in [-0.4, -0.2) is 13.2 Å². The van der Waals surface area contributed by atoms with Gasteiger partial charge in [-0.25, -0.2) is 0 Å². The molecule has 4 nitrogen and oxygen atoms in total. The Kier molecular flexibility index (Phi) is 5.65. The first-order valence-corrected chi connectivity index (χ1v) is 7.13. The molecule has 0 saturated carbocycles. The summed E-state index contributed by atoms with van der Waals surface area (Å²) in [7, 11) is 0. The maximum atomic E-state index is 8.81. The quantitative estimate of drug-likeness (QED) is 0.824. The second-order valence-corrected chi connectivity index (χ2v) is 4.97. The summed E-state index contributed by atoms with van der Waals surface area (Å²) in [6, 6.07) is 16.8. The summed E-state index contributed by atoms with van der Waals surface area (Å²) in [6.07, 6.45) is 0.404. The van der Waals surface area contributed by atoms with Crippen molar-refractivity contribution in [2.75, 3.05) is 18.5 Å². The van der Waals surface area contributed by atoms with E-state index in [1.807, 2.05) is 30.3 Å². The molecule has 0 saturated heterocycles. The van der Waals surface area contributed by atoms with Crippen molar-refractivity contribution in [3.63, 3.8) is 0 Å². The van der Waals surface area contributed by atoms with Gasteiger partial charge in [-0.15, -0.1) is 0 Å². The highest BCUT2D eigenvalue weighted by molar-refractivity contribution is 6.32. The second-order valence-electron chi connectivity index (χ2n) is 4.56. The van der Waals surface area contributed by atoms with Crippen LogP contribution in [0, 0.1) is 22.7 Å². The Morgan fingerprint density at radius 3 is 2.50 bits per heavy atom. The van der Waals surface area contributed by atoms with E-state index in [9.17, 15) is 0 Å². The maximum absolute atomic E-state index is 8.81. The predicted octanol–water partition coefficient (Wildman–Crippen LogP) is 3.77. The molecule has 0 fully saturated rings. The lowest BCUT2D eigenvalue weighted by atomic mass is 10.2. The van der Waals surface area contributed by atoms with Crippen LogP contribution < -0.4 is 10.1 Å². The van der Waals surface area contributed by atoms with Crippen molar-refractivity contribution in [3.8, 4) is 17.9 Å². The lowest BCUT2D eigenvalue weighted by Gasteiger charge is -2.09. The average molecular weight is 312 g/mol. The zero-order valence-electron chi connectivity index (χ0n) is 11.8. The molecule has 2 aromatic rings. The number of anilines is 1. The molecule has 0 radical (unpaired) electrons. The summed E-state index contributed by atoms with van der Waals surface area (Å²) in [5.74, 6) is 0.765. The Balaban J connectivity index is 1.78. The molecule has 0 bridgehead atoms. The Hall–Kier alpha value is -2.69. The van der Waals surface area contributed by atoms with E-state index < -0.39 is 0 Å². The lowest BCUT2D eigenvalue weighted by molar-refractivity contribution is 0.333. The Labute approximate surface area is 134 Å². The van der Waals surface area contributed by atoms with Gasteiger partial charge in [-0.05, 0) is 35.9 Å². The van der Waals surface area contributed by atoms with Crippen LogP contribution in [0.2, 0.25) is 5.02 Å². The maximum Gasteiger partial charge on any atom is 0.119 e. The first-order valence-electron chi connectivity index (χ1n) is 6.75. The largest absolute Gasteiger partial charge is 0.492 e. The molecule has 22 heavy (non-hydrogen) atoms. The number of halogens is 1. The molecule has 0 aromatic heterocycles. The summed E-state index contributed by atoms with van der Waals surface area (Å²) in [4.78, 5) is 0. The highest BCUT2D eigenvalue weighted by Crippen LogP contribution is 2.20. The molecule has 0 atom stereocenters. The molecule has 0 unspecified atom stereocenters. The third-order valence-electron chi connectivity index (χ3n) is 3.00. The number of hydrogen-bond donors (Lipinski definition) is 1. The summed E-state index contributed by atoms with van der Waals surface area (Å²) >= 11 is 5.96. The minimum Gasteiger partial charge on any atom is -0.492 e. The molecule has 0 heterocycles. The van der Waals surface area contributed by atoms with Crippen LogP contribution >= 0.6 is 11.6 Å². The first kappa shape index (κ1) is 15.7. The molecular formula is C17H14ClN3O. The van der Waals surface area contributed by atoms with Gasteiger partial charge >= 0.3 is 0 Å². The van der Waals surface area contributed by atoms with Crippen molar-refractivity contribution < 1.29 is 4.74 Å². The molecule has 0 amide bonds. The Bertz CT molecular complexity index is 714. The number of nitrogens with zero attached hydrogens (tertiary/aromatic N) is 2. The highest BCUT2D eigenvalue weighted by atomic mass is 35.5. The third-order valence-corrected chi connectivity index (χ3v) is 3.31. The van der Waals surface area contributed by atoms with E-state index in [0.717, 1.165) is 17.0 Å². The normalized spacial score (nSPS) is 9.59. The second kappa shape index (κ2) is 7.93. The molecule has 0 spiro atoms. The van der Waals surface area contributed by atoms with E-state index >= 15 is 0 Å². The lowest BCUT2D eigenvalue weighted by Crippen LogP contribution is -2.11. The van der Waals surface area contributed by atoms with E-state index in [0.29, 0.717) is 30.2 Å². The number of nitrogens with one attached hydrogen (secondary N) is 1. The SMILES string of the molecule is N#CCc1ccc(OCCNc2ccc(C#N)c(Cl)c2)cc1. The van der Waals surface area contributed by atoms with Gasteiger partial charge < -0.3 is 10.1 Å². The van der Waals surface area contributed by atoms with E-state index in [2.05, 4.69) is 11.4 Å². The van der Waals surface area contributed by atoms with Gasteiger partial charge in [0, 0.05) is 12.2 Å². The number of hydrogen-bond acceptors (Lipinski definition) is 4.